The van der Waals surface area contributed by atoms with Gasteiger partial charge < -0.3 is 40.6 Å². The zero-order valence-corrected chi connectivity index (χ0v) is 19.7. The lowest BCUT2D eigenvalue weighted by Crippen LogP contribution is -2.60. The molecule has 0 aromatic rings. The lowest BCUT2D eigenvalue weighted by atomic mass is 10.2. The van der Waals surface area contributed by atoms with Crippen LogP contribution in [0.25, 0.3) is 0 Å². The third kappa shape index (κ3) is 13.9. The summed E-state index contributed by atoms with van der Waals surface area (Å²) in [4.78, 5) is 49.0. The van der Waals surface area contributed by atoms with E-state index >= 15 is 0 Å². The SMILES string of the molecule is C=CCOCCC(NC(=O)C(N)NC(=O)C(COCC=C)NC(=O)OC(C)(C)C)C(=O)OC. The predicted molar refractivity (Wildman–Crippen MR) is 120 cm³/mol. The molecule has 3 unspecified atom stereocenters. The summed E-state index contributed by atoms with van der Waals surface area (Å²) in [5, 5.41) is 7.03. The Balaban J connectivity index is 5.05. The van der Waals surface area contributed by atoms with E-state index in [1.165, 1.54) is 19.3 Å². The molecular formula is C21H36N4O8. The van der Waals surface area contributed by atoms with Crippen molar-refractivity contribution in [2.45, 2.75) is 51.0 Å². The quantitative estimate of drug-likeness (QED) is 0.109. The molecule has 3 amide bonds. The van der Waals surface area contributed by atoms with E-state index in [0.717, 1.165) is 0 Å². The van der Waals surface area contributed by atoms with Gasteiger partial charge in [-0.25, -0.2) is 9.59 Å². The number of carbonyl (C=O) groups is 4. The molecule has 0 heterocycles. The standard InChI is InChI=1S/C21H36N4O8/c1-7-10-31-12-9-14(19(28)30-6)23-18(27)16(22)25-17(26)15(13-32-11-8-2)24-20(29)33-21(3,4)5/h7-8,14-16H,1-2,9-13,22H2,3-6H3,(H,23,27)(H,24,29)(H,25,26). The van der Waals surface area contributed by atoms with Gasteiger partial charge in [-0.15, -0.1) is 13.2 Å². The van der Waals surface area contributed by atoms with Crippen LogP contribution in [0.15, 0.2) is 25.3 Å². The topological polar surface area (TPSA) is 167 Å². The first-order valence-corrected chi connectivity index (χ1v) is 10.3. The summed E-state index contributed by atoms with van der Waals surface area (Å²) < 4.78 is 20.3. The van der Waals surface area contributed by atoms with Crippen LogP contribution in [0.1, 0.15) is 27.2 Å². The Bertz CT molecular complexity index is 678. The van der Waals surface area contributed by atoms with Gasteiger partial charge in [0.15, 0.2) is 6.17 Å². The number of nitrogens with one attached hydrogen (secondary N) is 3. The summed E-state index contributed by atoms with van der Waals surface area (Å²) in [6, 6.07) is -2.25. The van der Waals surface area contributed by atoms with Gasteiger partial charge in [-0.2, -0.15) is 0 Å². The molecule has 0 aliphatic heterocycles. The normalized spacial score (nSPS) is 13.6. The molecule has 0 radical (unpaired) electrons. The van der Waals surface area contributed by atoms with Gasteiger partial charge in [-0.05, 0) is 20.8 Å². The number of hydrogen-bond donors (Lipinski definition) is 4. The second-order valence-electron chi connectivity index (χ2n) is 7.75. The molecule has 188 valence electrons. The number of carbonyl (C=O) groups excluding carboxylic acids is 4. The molecule has 0 saturated heterocycles. The van der Waals surface area contributed by atoms with E-state index in [0.29, 0.717) is 0 Å². The summed E-state index contributed by atoms with van der Waals surface area (Å²) in [5.41, 5.74) is 4.98. The summed E-state index contributed by atoms with van der Waals surface area (Å²) in [6.07, 6.45) is 0.741. The highest BCUT2D eigenvalue weighted by Gasteiger charge is 2.29. The van der Waals surface area contributed by atoms with Crippen molar-refractivity contribution in [1.29, 1.82) is 0 Å². The molecule has 0 rings (SSSR count). The number of rotatable bonds is 15. The first-order valence-electron chi connectivity index (χ1n) is 10.3. The lowest BCUT2D eigenvalue weighted by molar-refractivity contribution is -0.146. The largest absolute Gasteiger partial charge is 0.467 e. The zero-order valence-electron chi connectivity index (χ0n) is 19.7. The minimum Gasteiger partial charge on any atom is -0.467 e. The van der Waals surface area contributed by atoms with Crippen molar-refractivity contribution in [3.63, 3.8) is 0 Å². The van der Waals surface area contributed by atoms with Crippen molar-refractivity contribution >= 4 is 23.9 Å². The highest BCUT2D eigenvalue weighted by molar-refractivity contribution is 5.92. The minimum absolute atomic E-state index is 0.116. The monoisotopic (exact) mass is 472 g/mol. The van der Waals surface area contributed by atoms with Crippen molar-refractivity contribution in [1.82, 2.24) is 16.0 Å². The van der Waals surface area contributed by atoms with E-state index < -0.39 is 47.7 Å². The molecule has 12 heteroatoms. The van der Waals surface area contributed by atoms with E-state index in [1.807, 2.05) is 0 Å². The number of amides is 3. The Kier molecular flexibility index (Phi) is 14.4. The van der Waals surface area contributed by atoms with Crippen molar-refractivity contribution in [3.8, 4) is 0 Å². The molecule has 0 saturated carbocycles. The summed E-state index contributed by atoms with van der Waals surface area (Å²) in [5.74, 6) is -2.34. The fourth-order valence-corrected chi connectivity index (χ4v) is 2.24. The lowest BCUT2D eigenvalue weighted by Gasteiger charge is -2.24. The molecule has 5 N–H and O–H groups in total. The predicted octanol–water partition coefficient (Wildman–Crippen LogP) is -0.266. The van der Waals surface area contributed by atoms with E-state index in [4.69, 9.17) is 19.9 Å². The molecule has 0 aliphatic rings. The molecule has 12 nitrogen and oxygen atoms in total. The molecular weight excluding hydrogens is 436 g/mol. The second kappa shape index (κ2) is 15.8. The van der Waals surface area contributed by atoms with Gasteiger partial charge >= 0.3 is 12.1 Å². The van der Waals surface area contributed by atoms with Gasteiger partial charge in [0.25, 0.3) is 5.91 Å². The fraction of sp³-hybridized carbons (Fsp3) is 0.619. The Morgan fingerprint density at radius 1 is 0.939 bits per heavy atom. The van der Waals surface area contributed by atoms with Crippen LogP contribution in [0.2, 0.25) is 0 Å². The first kappa shape index (κ1) is 30.0. The molecule has 0 spiro atoms. The van der Waals surface area contributed by atoms with Crippen LogP contribution in [0.3, 0.4) is 0 Å². The highest BCUT2D eigenvalue weighted by atomic mass is 16.6. The van der Waals surface area contributed by atoms with Gasteiger partial charge in [0.05, 0.1) is 26.9 Å². The number of ether oxygens (including phenoxy) is 4. The smallest absolute Gasteiger partial charge is 0.408 e. The Morgan fingerprint density at radius 2 is 1.55 bits per heavy atom. The van der Waals surface area contributed by atoms with Crippen molar-refractivity contribution in [2.24, 2.45) is 5.73 Å². The van der Waals surface area contributed by atoms with E-state index in [1.54, 1.807) is 20.8 Å². The third-order valence-electron chi connectivity index (χ3n) is 3.70. The van der Waals surface area contributed by atoms with Gasteiger partial charge in [0.1, 0.15) is 17.7 Å². The van der Waals surface area contributed by atoms with E-state index in [-0.39, 0.29) is 32.8 Å². The fourth-order valence-electron chi connectivity index (χ4n) is 2.24. The molecule has 0 bridgehead atoms. The summed E-state index contributed by atoms with van der Waals surface area (Å²) in [6.45, 7) is 12.3. The van der Waals surface area contributed by atoms with Crippen LogP contribution < -0.4 is 21.7 Å². The van der Waals surface area contributed by atoms with Gasteiger partial charge in [-0.3, -0.25) is 9.59 Å². The number of nitrogens with two attached hydrogens (primary N) is 1. The van der Waals surface area contributed by atoms with Crippen molar-refractivity contribution in [2.75, 3.05) is 33.5 Å². The van der Waals surface area contributed by atoms with E-state index in [9.17, 15) is 19.2 Å². The maximum Gasteiger partial charge on any atom is 0.408 e. The number of alkyl carbamates (subject to hydrolysis) is 1. The van der Waals surface area contributed by atoms with E-state index in [2.05, 4.69) is 33.8 Å². The van der Waals surface area contributed by atoms with Crippen LogP contribution in [-0.4, -0.2) is 81.3 Å². The molecule has 0 aliphatic carbocycles. The summed E-state index contributed by atoms with van der Waals surface area (Å²) >= 11 is 0. The van der Waals surface area contributed by atoms with Gasteiger partial charge in [0, 0.05) is 13.0 Å². The Morgan fingerprint density at radius 3 is 2.09 bits per heavy atom. The van der Waals surface area contributed by atoms with Crippen LogP contribution in [0.5, 0.6) is 0 Å². The first-order chi connectivity index (χ1) is 15.4. The average molecular weight is 473 g/mol. The number of hydrogen-bond acceptors (Lipinski definition) is 9. The Labute approximate surface area is 194 Å². The third-order valence-corrected chi connectivity index (χ3v) is 3.70. The molecule has 0 fully saturated rings. The molecule has 0 aromatic carbocycles. The molecule has 0 aromatic heterocycles. The Hall–Kier alpha value is -2.96. The van der Waals surface area contributed by atoms with Crippen LogP contribution in [0.4, 0.5) is 4.79 Å². The number of esters is 1. The highest BCUT2D eigenvalue weighted by Crippen LogP contribution is 2.07. The van der Waals surface area contributed by atoms with Crippen molar-refractivity contribution in [3.05, 3.63) is 25.3 Å². The van der Waals surface area contributed by atoms with Crippen LogP contribution >= 0.6 is 0 Å². The van der Waals surface area contributed by atoms with Gasteiger partial charge in [0.2, 0.25) is 5.91 Å². The average Bonchev–Trinajstić information content (AvgIpc) is 2.73. The van der Waals surface area contributed by atoms with Crippen LogP contribution in [0, 0.1) is 0 Å². The summed E-state index contributed by atoms with van der Waals surface area (Å²) in [7, 11) is 1.17. The minimum atomic E-state index is -1.53. The molecule has 3 atom stereocenters. The maximum absolute atomic E-state index is 12.6. The number of methoxy groups -OCH3 is 1. The van der Waals surface area contributed by atoms with Crippen LogP contribution in [-0.2, 0) is 33.3 Å². The zero-order chi connectivity index (χ0) is 25.4. The second-order valence-corrected chi connectivity index (χ2v) is 7.75. The maximum atomic E-state index is 12.6. The van der Waals surface area contributed by atoms with Gasteiger partial charge in [-0.1, -0.05) is 12.2 Å². The van der Waals surface area contributed by atoms with Crippen molar-refractivity contribution < 1.29 is 38.1 Å². The molecule has 33 heavy (non-hydrogen) atoms.